The molecule has 1 saturated carbocycles. The molecule has 1 aromatic rings. The van der Waals surface area contributed by atoms with Crippen LogP contribution in [0.3, 0.4) is 0 Å². The lowest BCUT2D eigenvalue weighted by molar-refractivity contribution is -0.131. The quantitative estimate of drug-likeness (QED) is 0.731. The van der Waals surface area contributed by atoms with Crippen LogP contribution in [-0.2, 0) is 16.0 Å². The van der Waals surface area contributed by atoms with Gasteiger partial charge in [-0.1, -0.05) is 18.9 Å². The van der Waals surface area contributed by atoms with Crippen LogP contribution in [0.15, 0.2) is 24.4 Å². The highest BCUT2D eigenvalue weighted by Crippen LogP contribution is 2.35. The fourth-order valence-electron chi connectivity index (χ4n) is 3.56. The van der Waals surface area contributed by atoms with E-state index in [2.05, 4.69) is 15.6 Å². The summed E-state index contributed by atoms with van der Waals surface area (Å²) in [4.78, 5) is 41.9. The first-order chi connectivity index (χ1) is 12.1. The summed E-state index contributed by atoms with van der Waals surface area (Å²) in [6, 6.07) is 5.37. The van der Waals surface area contributed by atoms with E-state index in [-0.39, 0.29) is 17.8 Å². The van der Waals surface area contributed by atoms with Gasteiger partial charge in [-0.05, 0) is 31.4 Å². The van der Waals surface area contributed by atoms with E-state index in [0.717, 1.165) is 31.4 Å². The van der Waals surface area contributed by atoms with Gasteiger partial charge in [-0.2, -0.15) is 0 Å². The van der Waals surface area contributed by atoms with Gasteiger partial charge < -0.3 is 10.6 Å². The Morgan fingerprint density at radius 2 is 2.08 bits per heavy atom. The van der Waals surface area contributed by atoms with Gasteiger partial charge in [0.05, 0.1) is 0 Å². The van der Waals surface area contributed by atoms with E-state index >= 15 is 0 Å². The third kappa shape index (κ3) is 3.97. The molecule has 2 heterocycles. The van der Waals surface area contributed by atoms with Gasteiger partial charge in [0.25, 0.3) is 5.91 Å². The van der Waals surface area contributed by atoms with Gasteiger partial charge in [0, 0.05) is 37.8 Å². The molecule has 0 bridgehead atoms. The maximum Gasteiger partial charge on any atom is 0.325 e. The number of imide groups is 1. The molecule has 1 aromatic heterocycles. The highest BCUT2D eigenvalue weighted by molar-refractivity contribution is 6.07. The van der Waals surface area contributed by atoms with E-state index < -0.39 is 5.54 Å². The topological polar surface area (TPSA) is 91.4 Å². The van der Waals surface area contributed by atoms with Crippen molar-refractivity contribution < 1.29 is 14.4 Å². The van der Waals surface area contributed by atoms with Crippen LogP contribution in [0.1, 0.15) is 44.2 Å². The van der Waals surface area contributed by atoms with E-state index in [1.807, 2.05) is 18.2 Å². The zero-order valence-corrected chi connectivity index (χ0v) is 14.3. The molecule has 134 valence electrons. The number of amides is 4. The molecule has 1 aliphatic carbocycles. The number of hydrogen-bond acceptors (Lipinski definition) is 4. The van der Waals surface area contributed by atoms with E-state index in [4.69, 9.17) is 0 Å². The van der Waals surface area contributed by atoms with Crippen molar-refractivity contribution in [1.82, 2.24) is 20.5 Å². The molecule has 3 rings (SSSR count). The van der Waals surface area contributed by atoms with Gasteiger partial charge in [0.1, 0.15) is 5.54 Å². The standard InChI is InChI=1S/C18H24N4O3/c23-15(20-12-8-14-6-1-4-11-19-14)7-5-13-22-16(24)18(21-17(22)25)9-2-3-10-18/h1,4,6,11H,2-3,5,7-10,12-13H2,(H,20,23)(H,21,25). The maximum atomic E-state index is 12.5. The zero-order chi connectivity index (χ0) is 17.7. The Morgan fingerprint density at radius 1 is 1.28 bits per heavy atom. The van der Waals surface area contributed by atoms with Crippen LogP contribution in [-0.4, -0.2) is 46.4 Å². The fourth-order valence-corrected chi connectivity index (χ4v) is 3.56. The van der Waals surface area contributed by atoms with Crippen molar-refractivity contribution in [2.45, 2.75) is 50.5 Å². The van der Waals surface area contributed by atoms with E-state index in [0.29, 0.717) is 32.4 Å². The number of carbonyl (C=O) groups excluding carboxylic acids is 3. The molecule has 0 radical (unpaired) electrons. The Morgan fingerprint density at radius 3 is 2.80 bits per heavy atom. The van der Waals surface area contributed by atoms with Gasteiger partial charge >= 0.3 is 6.03 Å². The average Bonchev–Trinajstić information content (AvgIpc) is 3.16. The molecule has 2 fully saturated rings. The first-order valence-electron chi connectivity index (χ1n) is 8.91. The van der Waals surface area contributed by atoms with Crippen molar-refractivity contribution in [3.05, 3.63) is 30.1 Å². The van der Waals surface area contributed by atoms with Crippen LogP contribution >= 0.6 is 0 Å². The molecule has 1 saturated heterocycles. The first-order valence-corrected chi connectivity index (χ1v) is 8.91. The summed E-state index contributed by atoms with van der Waals surface area (Å²) in [5.41, 5.74) is 0.270. The molecule has 1 spiro atoms. The third-order valence-corrected chi connectivity index (χ3v) is 4.92. The average molecular weight is 344 g/mol. The normalized spacial score (nSPS) is 18.6. The number of aromatic nitrogens is 1. The van der Waals surface area contributed by atoms with Crippen molar-refractivity contribution in [3.8, 4) is 0 Å². The second kappa shape index (κ2) is 7.63. The molecule has 2 aliphatic rings. The number of urea groups is 1. The Bertz CT molecular complexity index is 641. The Labute approximate surface area is 147 Å². The van der Waals surface area contributed by atoms with Crippen LogP contribution in [0.2, 0.25) is 0 Å². The minimum absolute atomic E-state index is 0.0708. The molecule has 0 atom stereocenters. The number of nitrogens with one attached hydrogen (secondary N) is 2. The van der Waals surface area contributed by atoms with Crippen LogP contribution in [0.25, 0.3) is 0 Å². The molecule has 0 unspecified atom stereocenters. The highest BCUT2D eigenvalue weighted by Gasteiger charge is 2.51. The summed E-state index contributed by atoms with van der Waals surface area (Å²) in [5.74, 6) is -0.191. The van der Waals surface area contributed by atoms with E-state index in [1.165, 1.54) is 4.90 Å². The van der Waals surface area contributed by atoms with Crippen LogP contribution in [0, 0.1) is 0 Å². The predicted molar refractivity (Wildman–Crippen MR) is 91.6 cm³/mol. The number of pyridine rings is 1. The molecule has 7 nitrogen and oxygen atoms in total. The summed E-state index contributed by atoms with van der Waals surface area (Å²) < 4.78 is 0. The second-order valence-electron chi connectivity index (χ2n) is 6.70. The molecule has 25 heavy (non-hydrogen) atoms. The fraction of sp³-hybridized carbons (Fsp3) is 0.556. The van der Waals surface area contributed by atoms with Crippen molar-refractivity contribution in [3.63, 3.8) is 0 Å². The molecular weight excluding hydrogens is 320 g/mol. The molecule has 1 aliphatic heterocycles. The molecule has 4 amide bonds. The van der Waals surface area contributed by atoms with Crippen LogP contribution in [0.4, 0.5) is 4.79 Å². The monoisotopic (exact) mass is 344 g/mol. The molecular formula is C18H24N4O3. The van der Waals surface area contributed by atoms with E-state index in [1.54, 1.807) is 6.20 Å². The summed E-state index contributed by atoms with van der Waals surface area (Å²) in [6.07, 6.45) is 6.58. The lowest BCUT2D eigenvalue weighted by Crippen LogP contribution is -2.44. The van der Waals surface area contributed by atoms with Crippen molar-refractivity contribution >= 4 is 17.8 Å². The van der Waals surface area contributed by atoms with E-state index in [9.17, 15) is 14.4 Å². The van der Waals surface area contributed by atoms with Crippen molar-refractivity contribution in [2.75, 3.05) is 13.1 Å². The zero-order valence-electron chi connectivity index (χ0n) is 14.3. The number of nitrogens with zero attached hydrogens (tertiary/aromatic N) is 2. The number of hydrogen-bond donors (Lipinski definition) is 2. The minimum Gasteiger partial charge on any atom is -0.356 e. The van der Waals surface area contributed by atoms with Crippen LogP contribution in [0.5, 0.6) is 0 Å². The smallest absolute Gasteiger partial charge is 0.325 e. The Kier molecular flexibility index (Phi) is 5.31. The van der Waals surface area contributed by atoms with Crippen LogP contribution < -0.4 is 10.6 Å². The second-order valence-corrected chi connectivity index (χ2v) is 6.70. The van der Waals surface area contributed by atoms with Gasteiger partial charge in [0.15, 0.2) is 0 Å². The van der Waals surface area contributed by atoms with Crippen molar-refractivity contribution in [2.24, 2.45) is 0 Å². The predicted octanol–water partition coefficient (Wildman–Crippen LogP) is 1.39. The number of rotatable bonds is 7. The van der Waals surface area contributed by atoms with Crippen molar-refractivity contribution in [1.29, 1.82) is 0 Å². The summed E-state index contributed by atoms with van der Waals surface area (Å²) >= 11 is 0. The SMILES string of the molecule is O=C(CCCN1C(=O)NC2(CCCC2)C1=O)NCCc1ccccn1. The molecule has 7 heteroatoms. The van der Waals surface area contributed by atoms with Gasteiger partial charge in [-0.25, -0.2) is 4.79 Å². The Balaban J connectivity index is 1.37. The maximum absolute atomic E-state index is 12.5. The largest absolute Gasteiger partial charge is 0.356 e. The lowest BCUT2D eigenvalue weighted by Gasteiger charge is -2.19. The molecule has 0 aromatic carbocycles. The highest BCUT2D eigenvalue weighted by atomic mass is 16.2. The minimum atomic E-state index is -0.665. The number of carbonyl (C=O) groups is 3. The van der Waals surface area contributed by atoms with Gasteiger partial charge in [0.2, 0.25) is 5.91 Å². The lowest BCUT2D eigenvalue weighted by atomic mass is 9.98. The summed E-state index contributed by atoms with van der Waals surface area (Å²) in [7, 11) is 0. The van der Waals surface area contributed by atoms with Gasteiger partial charge in [-0.15, -0.1) is 0 Å². The molecule has 2 N–H and O–H groups in total. The summed E-state index contributed by atoms with van der Waals surface area (Å²) in [5, 5.41) is 5.69. The van der Waals surface area contributed by atoms with Gasteiger partial charge in [-0.3, -0.25) is 19.5 Å². The third-order valence-electron chi connectivity index (χ3n) is 4.92. The first kappa shape index (κ1) is 17.4. The Hall–Kier alpha value is -2.44. The summed E-state index contributed by atoms with van der Waals surface area (Å²) in [6.45, 7) is 0.822.